The van der Waals surface area contributed by atoms with E-state index in [2.05, 4.69) is 32.0 Å². The smallest absolute Gasteiger partial charge is 0.162 e. The molecule has 0 atom stereocenters. The molecule has 0 aliphatic carbocycles. The summed E-state index contributed by atoms with van der Waals surface area (Å²) in [7, 11) is 0. The van der Waals surface area contributed by atoms with Crippen molar-refractivity contribution in [2.45, 2.75) is 13.3 Å². The molecule has 5 heteroatoms. The Bertz CT molecular complexity index is 661. The minimum Gasteiger partial charge on any atom is -0.250 e. The highest BCUT2D eigenvalue weighted by atomic mass is 35.5. The molecule has 3 rings (SSSR count). The molecule has 16 heavy (non-hydrogen) atoms. The number of aromatic nitrogens is 2. The lowest BCUT2D eigenvalue weighted by molar-refractivity contribution is 0.881. The minimum absolute atomic E-state index is 0.455. The molecule has 1 aliphatic heterocycles. The SMILES string of the molecule is CC1=c2c(Cl)nnc(Cc3ccsc3)c2=N1. The van der Waals surface area contributed by atoms with E-state index in [1.165, 1.54) is 5.56 Å². The number of rotatable bonds is 2. The Morgan fingerprint density at radius 3 is 2.94 bits per heavy atom. The lowest BCUT2D eigenvalue weighted by Gasteiger charge is -2.08. The summed E-state index contributed by atoms with van der Waals surface area (Å²) in [5.74, 6) is 0. The van der Waals surface area contributed by atoms with Gasteiger partial charge in [0.25, 0.3) is 0 Å². The third kappa shape index (κ3) is 1.45. The first-order chi connectivity index (χ1) is 7.75. The first kappa shape index (κ1) is 9.93. The maximum atomic E-state index is 5.96. The Balaban J connectivity index is 2.09. The van der Waals surface area contributed by atoms with Crippen molar-refractivity contribution in [3.8, 4) is 0 Å². The summed E-state index contributed by atoms with van der Waals surface area (Å²) >= 11 is 7.64. The van der Waals surface area contributed by atoms with Gasteiger partial charge in [-0.2, -0.15) is 16.4 Å². The van der Waals surface area contributed by atoms with Crippen molar-refractivity contribution in [3.63, 3.8) is 0 Å². The molecule has 2 aromatic rings. The molecule has 0 bridgehead atoms. The molecule has 3 nitrogen and oxygen atoms in total. The van der Waals surface area contributed by atoms with E-state index in [4.69, 9.17) is 11.6 Å². The van der Waals surface area contributed by atoms with E-state index in [-0.39, 0.29) is 0 Å². The van der Waals surface area contributed by atoms with E-state index in [1.54, 1.807) is 11.3 Å². The van der Waals surface area contributed by atoms with E-state index in [0.717, 1.165) is 28.4 Å². The summed E-state index contributed by atoms with van der Waals surface area (Å²) in [6.07, 6.45) is 0.771. The summed E-state index contributed by atoms with van der Waals surface area (Å²) in [5, 5.41) is 14.6. The molecule has 0 radical (unpaired) electrons. The van der Waals surface area contributed by atoms with Crippen LogP contribution in [0.3, 0.4) is 0 Å². The van der Waals surface area contributed by atoms with Crippen molar-refractivity contribution in [3.05, 3.63) is 43.8 Å². The van der Waals surface area contributed by atoms with Gasteiger partial charge in [0.05, 0.1) is 22.0 Å². The molecule has 0 aromatic carbocycles. The van der Waals surface area contributed by atoms with E-state index in [1.807, 2.05) is 6.92 Å². The molecule has 3 heterocycles. The number of thiophene rings is 1. The van der Waals surface area contributed by atoms with Crippen LogP contribution in [0.1, 0.15) is 18.2 Å². The van der Waals surface area contributed by atoms with E-state index >= 15 is 0 Å². The number of hydrogen-bond donors (Lipinski definition) is 0. The van der Waals surface area contributed by atoms with Crippen LogP contribution in [0.15, 0.2) is 21.8 Å². The predicted octanol–water partition coefficient (Wildman–Crippen LogP) is 1.54. The van der Waals surface area contributed by atoms with Crippen LogP contribution in [0.2, 0.25) is 5.15 Å². The Hall–Kier alpha value is -1.26. The molecule has 1 aliphatic rings. The number of hydrogen-bond acceptors (Lipinski definition) is 4. The van der Waals surface area contributed by atoms with Crippen molar-refractivity contribution in [2.24, 2.45) is 4.99 Å². The molecule has 0 saturated carbocycles. The topological polar surface area (TPSA) is 38.1 Å². The second kappa shape index (κ2) is 3.64. The average molecular weight is 250 g/mol. The van der Waals surface area contributed by atoms with Crippen LogP contribution in [0.5, 0.6) is 0 Å². The summed E-state index contributed by atoms with van der Waals surface area (Å²) in [6.45, 7) is 1.93. The fourth-order valence-corrected chi connectivity index (χ4v) is 2.69. The van der Waals surface area contributed by atoms with Crippen molar-refractivity contribution < 1.29 is 0 Å². The number of nitrogens with zero attached hydrogens (tertiary/aromatic N) is 3. The molecule has 0 N–H and O–H groups in total. The molecule has 0 unspecified atom stereocenters. The Labute approximate surface area is 101 Å². The quantitative estimate of drug-likeness (QED) is 0.810. The van der Waals surface area contributed by atoms with Crippen LogP contribution in [-0.4, -0.2) is 10.2 Å². The van der Waals surface area contributed by atoms with Crippen molar-refractivity contribution >= 4 is 28.6 Å². The first-order valence-corrected chi connectivity index (χ1v) is 6.19. The first-order valence-electron chi connectivity index (χ1n) is 4.87. The second-order valence-corrected chi connectivity index (χ2v) is 4.80. The third-order valence-corrected chi connectivity index (χ3v) is 3.56. The van der Waals surface area contributed by atoms with Crippen LogP contribution < -0.4 is 10.6 Å². The minimum atomic E-state index is 0.455. The normalized spacial score (nSPS) is 13.0. The molecule has 80 valence electrons. The van der Waals surface area contributed by atoms with E-state index < -0.39 is 0 Å². The van der Waals surface area contributed by atoms with E-state index in [9.17, 15) is 0 Å². The molecular weight excluding hydrogens is 242 g/mol. The van der Waals surface area contributed by atoms with Crippen LogP contribution in [-0.2, 0) is 6.42 Å². The van der Waals surface area contributed by atoms with Crippen LogP contribution in [0.4, 0.5) is 0 Å². The molecular formula is C11H8ClN3S. The fourth-order valence-electron chi connectivity index (χ4n) is 1.76. The maximum Gasteiger partial charge on any atom is 0.162 e. The van der Waals surface area contributed by atoms with Gasteiger partial charge in [-0.25, -0.2) is 0 Å². The highest BCUT2D eigenvalue weighted by Crippen LogP contribution is 2.10. The summed E-state index contributed by atoms with van der Waals surface area (Å²) in [4.78, 5) is 4.36. The van der Waals surface area contributed by atoms with Gasteiger partial charge >= 0.3 is 0 Å². The molecule has 0 saturated heterocycles. The van der Waals surface area contributed by atoms with Gasteiger partial charge in [0.2, 0.25) is 0 Å². The lowest BCUT2D eigenvalue weighted by Crippen LogP contribution is -2.40. The van der Waals surface area contributed by atoms with Gasteiger partial charge in [-0.05, 0) is 29.3 Å². The highest BCUT2D eigenvalue weighted by Gasteiger charge is 2.14. The van der Waals surface area contributed by atoms with Gasteiger partial charge in [0.1, 0.15) is 0 Å². The largest absolute Gasteiger partial charge is 0.250 e. The zero-order chi connectivity index (χ0) is 11.1. The molecule has 2 aromatic heterocycles. The standard InChI is InChI=1S/C11H8ClN3S/c1-6-9-10(13-6)8(14-15-11(9)12)4-7-2-3-16-5-7/h2-3,5H,4H2,1H3. The van der Waals surface area contributed by atoms with Crippen molar-refractivity contribution in [1.82, 2.24) is 10.2 Å². The monoisotopic (exact) mass is 249 g/mol. The zero-order valence-corrected chi connectivity index (χ0v) is 10.1. The number of fused-ring (bicyclic) bond motifs is 1. The maximum absolute atomic E-state index is 5.96. The van der Waals surface area contributed by atoms with Gasteiger partial charge in [0.15, 0.2) is 5.15 Å². The van der Waals surface area contributed by atoms with Crippen molar-refractivity contribution in [1.29, 1.82) is 0 Å². The zero-order valence-electron chi connectivity index (χ0n) is 8.57. The number of halogens is 1. The third-order valence-electron chi connectivity index (χ3n) is 2.57. The van der Waals surface area contributed by atoms with Crippen LogP contribution >= 0.6 is 22.9 Å². The molecule has 0 spiro atoms. The Kier molecular flexibility index (Phi) is 2.26. The second-order valence-electron chi connectivity index (χ2n) is 3.67. The van der Waals surface area contributed by atoms with Crippen molar-refractivity contribution in [2.75, 3.05) is 0 Å². The lowest BCUT2D eigenvalue weighted by atomic mass is 10.1. The van der Waals surface area contributed by atoms with Gasteiger partial charge in [0, 0.05) is 6.42 Å². The molecule has 0 amide bonds. The summed E-state index contributed by atoms with van der Waals surface area (Å²) in [6, 6.07) is 2.09. The van der Waals surface area contributed by atoms with E-state index in [0.29, 0.717) is 5.15 Å². The highest BCUT2D eigenvalue weighted by molar-refractivity contribution is 7.07. The fraction of sp³-hybridized carbons (Fsp3) is 0.182. The van der Waals surface area contributed by atoms with Gasteiger partial charge in [-0.1, -0.05) is 11.6 Å². The van der Waals surface area contributed by atoms with Gasteiger partial charge in [-0.15, -0.1) is 5.10 Å². The summed E-state index contributed by atoms with van der Waals surface area (Å²) in [5.41, 5.74) is 3.09. The van der Waals surface area contributed by atoms with Gasteiger partial charge in [-0.3, -0.25) is 4.99 Å². The summed E-state index contributed by atoms with van der Waals surface area (Å²) < 4.78 is 0. The van der Waals surface area contributed by atoms with Crippen LogP contribution in [0, 0.1) is 0 Å². The Morgan fingerprint density at radius 1 is 1.38 bits per heavy atom. The predicted molar refractivity (Wildman–Crippen MR) is 64.0 cm³/mol. The molecule has 0 fully saturated rings. The van der Waals surface area contributed by atoms with Crippen LogP contribution in [0.25, 0.3) is 5.70 Å². The average Bonchev–Trinajstić information content (AvgIpc) is 2.72. The Morgan fingerprint density at radius 2 is 2.25 bits per heavy atom. The van der Waals surface area contributed by atoms with Gasteiger partial charge < -0.3 is 0 Å².